The highest BCUT2D eigenvalue weighted by molar-refractivity contribution is 5.99. The molecule has 0 spiro atoms. The zero-order chi connectivity index (χ0) is 20.5. The zero-order valence-electron chi connectivity index (χ0n) is 17.1. The molecule has 0 bridgehead atoms. The maximum absolute atomic E-state index is 12.8. The molecule has 2 aliphatic rings. The molecule has 4 N–H and O–H groups in total. The Morgan fingerprint density at radius 1 is 1.10 bits per heavy atom. The third-order valence-electron chi connectivity index (χ3n) is 6.09. The lowest BCUT2D eigenvalue weighted by Gasteiger charge is -2.29. The van der Waals surface area contributed by atoms with Gasteiger partial charge in [-0.3, -0.25) is 9.59 Å². The number of carbonyl (C=O) groups is 2. The summed E-state index contributed by atoms with van der Waals surface area (Å²) >= 11 is 0. The van der Waals surface area contributed by atoms with Gasteiger partial charge in [0.15, 0.2) is 0 Å². The van der Waals surface area contributed by atoms with Gasteiger partial charge in [0.05, 0.1) is 11.9 Å². The van der Waals surface area contributed by atoms with Crippen molar-refractivity contribution in [1.82, 2.24) is 20.4 Å². The minimum Gasteiger partial charge on any atom is -0.383 e. The number of aromatic nitrogens is 2. The summed E-state index contributed by atoms with van der Waals surface area (Å²) in [6, 6.07) is 5.92. The number of anilines is 1. The van der Waals surface area contributed by atoms with E-state index in [1.807, 2.05) is 13.0 Å². The van der Waals surface area contributed by atoms with E-state index in [0.717, 1.165) is 37.7 Å². The van der Waals surface area contributed by atoms with Gasteiger partial charge in [0.2, 0.25) is 0 Å². The van der Waals surface area contributed by atoms with E-state index in [1.165, 1.54) is 12.6 Å². The molecule has 154 valence electrons. The molecule has 1 aromatic carbocycles. The number of nitrogen functional groups attached to an aromatic ring is 1. The van der Waals surface area contributed by atoms with Gasteiger partial charge >= 0.3 is 0 Å². The second kappa shape index (κ2) is 7.89. The van der Waals surface area contributed by atoms with E-state index in [4.69, 9.17) is 5.73 Å². The van der Waals surface area contributed by atoms with Gasteiger partial charge in [-0.05, 0) is 56.2 Å². The lowest BCUT2D eigenvalue weighted by molar-refractivity contribution is 0.0909. The molecule has 0 aliphatic heterocycles. The number of hydrogen-bond donors (Lipinski definition) is 3. The molecule has 2 saturated carbocycles. The predicted octanol–water partition coefficient (Wildman–Crippen LogP) is 2.96. The van der Waals surface area contributed by atoms with Crippen LogP contribution in [-0.4, -0.2) is 33.7 Å². The first-order valence-electron chi connectivity index (χ1n) is 10.5. The molecule has 1 heterocycles. The van der Waals surface area contributed by atoms with Crippen LogP contribution >= 0.6 is 0 Å². The van der Waals surface area contributed by atoms with Gasteiger partial charge in [-0.2, -0.15) is 5.10 Å². The Morgan fingerprint density at radius 3 is 2.59 bits per heavy atom. The molecule has 29 heavy (non-hydrogen) atoms. The fourth-order valence-electron chi connectivity index (χ4n) is 3.98. The van der Waals surface area contributed by atoms with Crippen molar-refractivity contribution in [3.63, 3.8) is 0 Å². The van der Waals surface area contributed by atoms with Crippen molar-refractivity contribution in [2.75, 3.05) is 5.73 Å². The van der Waals surface area contributed by atoms with E-state index in [1.54, 1.807) is 16.8 Å². The number of amides is 2. The molecule has 2 unspecified atom stereocenters. The molecule has 2 aromatic rings. The number of nitrogens with two attached hydrogens (primary N) is 1. The van der Waals surface area contributed by atoms with Gasteiger partial charge in [-0.15, -0.1) is 0 Å². The Hall–Kier alpha value is -2.83. The topological polar surface area (TPSA) is 102 Å². The third kappa shape index (κ3) is 4.13. The summed E-state index contributed by atoms with van der Waals surface area (Å²) in [6.45, 7) is 4.11. The van der Waals surface area contributed by atoms with E-state index in [2.05, 4.69) is 22.7 Å². The summed E-state index contributed by atoms with van der Waals surface area (Å²) in [5, 5.41) is 10.5. The number of aryl methyl sites for hydroxylation is 1. The van der Waals surface area contributed by atoms with Crippen LogP contribution in [0.2, 0.25) is 0 Å². The summed E-state index contributed by atoms with van der Waals surface area (Å²) in [6.07, 6.45) is 8.07. The van der Waals surface area contributed by atoms with Crippen molar-refractivity contribution < 1.29 is 9.59 Å². The average molecular weight is 396 g/mol. The number of benzene rings is 1. The van der Waals surface area contributed by atoms with Crippen LogP contribution in [-0.2, 0) is 0 Å². The summed E-state index contributed by atoms with van der Waals surface area (Å²) in [5.74, 6) is 0.471. The SMILES string of the molecule is Cc1ccc(C(=O)NC2CC2)cc1-n1ncc(C(=O)NC2CCCCC2C)c1N. The highest BCUT2D eigenvalue weighted by Crippen LogP contribution is 2.26. The Bertz CT molecular complexity index is 931. The second-order valence-electron chi connectivity index (χ2n) is 8.45. The molecule has 1 aromatic heterocycles. The monoisotopic (exact) mass is 395 g/mol. The Kier molecular flexibility index (Phi) is 5.30. The van der Waals surface area contributed by atoms with Gasteiger partial charge in [0, 0.05) is 17.6 Å². The smallest absolute Gasteiger partial charge is 0.256 e. The highest BCUT2D eigenvalue weighted by Gasteiger charge is 2.26. The molecule has 2 amide bonds. The Morgan fingerprint density at radius 2 is 1.86 bits per heavy atom. The first kappa shape index (κ1) is 19.5. The van der Waals surface area contributed by atoms with E-state index >= 15 is 0 Å². The third-order valence-corrected chi connectivity index (χ3v) is 6.09. The average Bonchev–Trinajstić information content (AvgIpc) is 3.43. The molecule has 4 rings (SSSR count). The van der Waals surface area contributed by atoms with E-state index in [0.29, 0.717) is 28.8 Å². The number of carbonyl (C=O) groups excluding carboxylic acids is 2. The van der Waals surface area contributed by atoms with Crippen LogP contribution in [0.4, 0.5) is 5.82 Å². The van der Waals surface area contributed by atoms with Crippen LogP contribution in [0.5, 0.6) is 0 Å². The van der Waals surface area contributed by atoms with Gasteiger partial charge < -0.3 is 16.4 Å². The molecule has 7 heteroatoms. The molecular formula is C22H29N5O2. The van der Waals surface area contributed by atoms with Crippen LogP contribution in [0.3, 0.4) is 0 Å². The van der Waals surface area contributed by atoms with Crippen LogP contribution < -0.4 is 16.4 Å². The summed E-state index contributed by atoms with van der Waals surface area (Å²) < 4.78 is 1.54. The first-order chi connectivity index (χ1) is 13.9. The summed E-state index contributed by atoms with van der Waals surface area (Å²) in [4.78, 5) is 25.2. The highest BCUT2D eigenvalue weighted by atomic mass is 16.2. The molecule has 7 nitrogen and oxygen atoms in total. The van der Waals surface area contributed by atoms with Crippen LogP contribution in [0, 0.1) is 12.8 Å². The lowest BCUT2D eigenvalue weighted by Crippen LogP contribution is -2.41. The molecular weight excluding hydrogens is 366 g/mol. The molecule has 2 atom stereocenters. The molecule has 2 aliphatic carbocycles. The normalized spacial score (nSPS) is 21.6. The van der Waals surface area contributed by atoms with Crippen LogP contribution in [0.15, 0.2) is 24.4 Å². The Labute approximate surface area is 171 Å². The molecule has 0 saturated heterocycles. The zero-order valence-corrected chi connectivity index (χ0v) is 17.1. The van der Waals surface area contributed by atoms with Crippen LogP contribution in [0.25, 0.3) is 5.69 Å². The lowest BCUT2D eigenvalue weighted by atomic mass is 9.86. The van der Waals surface area contributed by atoms with Crippen molar-refractivity contribution in [3.05, 3.63) is 41.1 Å². The van der Waals surface area contributed by atoms with Gasteiger partial charge in [-0.25, -0.2) is 4.68 Å². The largest absolute Gasteiger partial charge is 0.383 e. The van der Waals surface area contributed by atoms with Crippen molar-refractivity contribution in [2.24, 2.45) is 5.92 Å². The fraction of sp³-hybridized carbons (Fsp3) is 0.500. The quantitative estimate of drug-likeness (QED) is 0.724. The second-order valence-corrected chi connectivity index (χ2v) is 8.45. The van der Waals surface area contributed by atoms with Gasteiger partial charge in [0.1, 0.15) is 11.4 Å². The van der Waals surface area contributed by atoms with E-state index in [9.17, 15) is 9.59 Å². The van der Waals surface area contributed by atoms with Crippen LogP contribution in [0.1, 0.15) is 71.7 Å². The standard InChI is InChI=1S/C22H29N5O2/c1-13-5-3-4-6-18(13)26-22(29)17-12-24-27(20(17)23)19-11-15(8-7-14(19)2)21(28)25-16-9-10-16/h7-8,11-13,16,18H,3-6,9-10,23H2,1-2H3,(H,25,28)(H,26,29). The number of nitrogens with zero attached hydrogens (tertiary/aromatic N) is 2. The summed E-state index contributed by atoms with van der Waals surface area (Å²) in [5.41, 5.74) is 8.87. The van der Waals surface area contributed by atoms with E-state index < -0.39 is 0 Å². The molecule has 2 fully saturated rings. The van der Waals surface area contributed by atoms with Crippen molar-refractivity contribution in [2.45, 2.75) is 64.5 Å². The number of hydrogen-bond acceptors (Lipinski definition) is 4. The number of rotatable bonds is 5. The van der Waals surface area contributed by atoms with Crippen molar-refractivity contribution >= 4 is 17.6 Å². The van der Waals surface area contributed by atoms with E-state index in [-0.39, 0.29) is 23.7 Å². The minimum atomic E-state index is -0.187. The van der Waals surface area contributed by atoms with Crippen molar-refractivity contribution in [1.29, 1.82) is 0 Å². The fourth-order valence-corrected chi connectivity index (χ4v) is 3.98. The maximum Gasteiger partial charge on any atom is 0.256 e. The molecule has 0 radical (unpaired) electrons. The van der Waals surface area contributed by atoms with Gasteiger partial charge in [0.25, 0.3) is 11.8 Å². The van der Waals surface area contributed by atoms with Gasteiger partial charge in [-0.1, -0.05) is 25.8 Å². The predicted molar refractivity (Wildman–Crippen MR) is 112 cm³/mol. The van der Waals surface area contributed by atoms with Crippen molar-refractivity contribution in [3.8, 4) is 5.69 Å². The Balaban J connectivity index is 1.56. The first-order valence-corrected chi connectivity index (χ1v) is 10.5. The minimum absolute atomic E-state index is 0.0938. The summed E-state index contributed by atoms with van der Waals surface area (Å²) in [7, 11) is 0. The number of nitrogens with one attached hydrogen (secondary N) is 2. The maximum atomic E-state index is 12.8.